The van der Waals surface area contributed by atoms with Crippen molar-refractivity contribution >= 4 is 34.8 Å². The average molecular weight is 385 g/mol. The smallest absolute Gasteiger partial charge is 0.257 e. The zero-order valence-electron chi connectivity index (χ0n) is 15.6. The topological polar surface area (TPSA) is 70.7 Å². The number of amides is 2. The minimum Gasteiger partial charge on any atom is -0.494 e. The van der Waals surface area contributed by atoms with Crippen molar-refractivity contribution < 1.29 is 14.3 Å². The maximum atomic E-state index is 12.3. The molecule has 0 radical (unpaired) electrons. The Bertz CT molecular complexity index is 819. The molecule has 0 aliphatic rings. The quantitative estimate of drug-likeness (QED) is 0.747. The number of nitrogens with zero attached hydrogens (tertiary/aromatic N) is 1. The van der Waals surface area contributed by atoms with E-state index in [0.717, 1.165) is 6.42 Å². The van der Waals surface area contributed by atoms with Crippen molar-refractivity contribution in [3.05, 3.63) is 59.7 Å². The first-order valence-corrected chi connectivity index (χ1v) is 8.99. The number of benzene rings is 2. The number of rotatable bonds is 6. The van der Waals surface area contributed by atoms with Crippen molar-refractivity contribution in [2.45, 2.75) is 13.3 Å². The van der Waals surface area contributed by atoms with Crippen molar-refractivity contribution in [3.63, 3.8) is 0 Å². The first-order chi connectivity index (χ1) is 12.9. The second kappa shape index (κ2) is 9.68. The van der Waals surface area contributed by atoms with Gasteiger partial charge in [0.15, 0.2) is 5.11 Å². The Labute approximate surface area is 164 Å². The van der Waals surface area contributed by atoms with E-state index in [-0.39, 0.29) is 16.9 Å². The lowest BCUT2D eigenvalue weighted by Gasteiger charge is -2.16. The van der Waals surface area contributed by atoms with E-state index >= 15 is 0 Å². The molecule has 27 heavy (non-hydrogen) atoms. The Balaban J connectivity index is 2.02. The molecule has 2 aromatic carbocycles. The number of hydrogen-bond donors (Lipinski definition) is 2. The summed E-state index contributed by atoms with van der Waals surface area (Å²) in [6.45, 7) is 2.66. The lowest BCUT2D eigenvalue weighted by Crippen LogP contribution is -2.35. The van der Waals surface area contributed by atoms with E-state index in [0.29, 0.717) is 29.2 Å². The normalized spacial score (nSPS) is 10.0. The molecule has 2 amide bonds. The summed E-state index contributed by atoms with van der Waals surface area (Å²) in [6, 6.07) is 13.8. The molecule has 0 heterocycles. The van der Waals surface area contributed by atoms with E-state index in [1.165, 1.54) is 4.90 Å². The Morgan fingerprint density at radius 1 is 1.07 bits per heavy atom. The van der Waals surface area contributed by atoms with Gasteiger partial charge in [-0.1, -0.05) is 19.1 Å². The van der Waals surface area contributed by atoms with Crippen molar-refractivity contribution in [1.29, 1.82) is 0 Å². The molecule has 2 rings (SSSR count). The number of thiocarbonyl (C=S) groups is 1. The van der Waals surface area contributed by atoms with Crippen LogP contribution in [0.3, 0.4) is 0 Å². The highest BCUT2D eigenvalue weighted by Gasteiger charge is 2.14. The highest BCUT2D eigenvalue weighted by molar-refractivity contribution is 7.80. The van der Waals surface area contributed by atoms with Crippen LogP contribution in [-0.2, 0) is 0 Å². The maximum Gasteiger partial charge on any atom is 0.257 e. The third-order valence-electron chi connectivity index (χ3n) is 3.63. The lowest BCUT2D eigenvalue weighted by molar-refractivity contribution is 0.0828. The van der Waals surface area contributed by atoms with E-state index < -0.39 is 0 Å². The van der Waals surface area contributed by atoms with Gasteiger partial charge in [0.05, 0.1) is 17.9 Å². The van der Waals surface area contributed by atoms with Crippen LogP contribution >= 0.6 is 12.2 Å². The molecule has 0 aromatic heterocycles. The Kier molecular flexibility index (Phi) is 7.31. The SMILES string of the molecule is CCCOc1ccc(C(=O)NC(=S)Nc2ccccc2C(=O)N(C)C)cc1. The summed E-state index contributed by atoms with van der Waals surface area (Å²) in [5.41, 5.74) is 1.46. The van der Waals surface area contributed by atoms with Gasteiger partial charge in [0, 0.05) is 19.7 Å². The summed E-state index contributed by atoms with van der Waals surface area (Å²) in [7, 11) is 3.35. The van der Waals surface area contributed by atoms with Gasteiger partial charge in [0.2, 0.25) is 0 Å². The van der Waals surface area contributed by atoms with Gasteiger partial charge in [0.1, 0.15) is 5.75 Å². The van der Waals surface area contributed by atoms with Crippen LogP contribution in [0.2, 0.25) is 0 Å². The van der Waals surface area contributed by atoms with Gasteiger partial charge in [-0.15, -0.1) is 0 Å². The third-order valence-corrected chi connectivity index (χ3v) is 3.83. The molecule has 2 aromatic rings. The molecule has 7 heteroatoms. The second-order valence-corrected chi connectivity index (χ2v) is 6.43. The molecule has 0 fully saturated rings. The number of para-hydroxylation sites is 1. The standard InChI is InChI=1S/C20H23N3O3S/c1-4-13-26-15-11-9-14(10-12-15)18(24)22-20(27)21-17-8-6-5-7-16(17)19(25)23(2)3/h5-12H,4,13H2,1-3H3,(H2,21,22,24,27). The summed E-state index contributed by atoms with van der Waals surface area (Å²) in [6.07, 6.45) is 0.917. The number of ether oxygens (including phenoxy) is 1. The van der Waals surface area contributed by atoms with Gasteiger partial charge in [0.25, 0.3) is 11.8 Å². The van der Waals surface area contributed by atoms with Crippen LogP contribution in [0.15, 0.2) is 48.5 Å². The highest BCUT2D eigenvalue weighted by atomic mass is 32.1. The van der Waals surface area contributed by atoms with E-state index in [1.807, 2.05) is 6.92 Å². The van der Waals surface area contributed by atoms with Gasteiger partial charge in [-0.05, 0) is 55.0 Å². The van der Waals surface area contributed by atoms with Crippen LogP contribution in [0.25, 0.3) is 0 Å². The van der Waals surface area contributed by atoms with Gasteiger partial charge in [-0.2, -0.15) is 0 Å². The first-order valence-electron chi connectivity index (χ1n) is 8.58. The Morgan fingerprint density at radius 3 is 2.37 bits per heavy atom. The summed E-state index contributed by atoms with van der Waals surface area (Å²) < 4.78 is 5.50. The zero-order valence-corrected chi connectivity index (χ0v) is 16.4. The largest absolute Gasteiger partial charge is 0.494 e. The van der Waals surface area contributed by atoms with Crippen molar-refractivity contribution in [1.82, 2.24) is 10.2 Å². The average Bonchev–Trinajstić information content (AvgIpc) is 2.66. The molecule has 142 valence electrons. The Morgan fingerprint density at radius 2 is 1.74 bits per heavy atom. The van der Waals surface area contributed by atoms with Gasteiger partial charge >= 0.3 is 0 Å². The molecule has 2 N–H and O–H groups in total. The Hall–Kier alpha value is -2.93. The maximum absolute atomic E-state index is 12.3. The van der Waals surface area contributed by atoms with E-state index in [4.69, 9.17) is 17.0 Å². The number of carbonyl (C=O) groups is 2. The number of carbonyl (C=O) groups excluding carboxylic acids is 2. The molecule has 0 saturated heterocycles. The number of hydrogen-bond acceptors (Lipinski definition) is 4. The predicted molar refractivity (Wildman–Crippen MR) is 110 cm³/mol. The second-order valence-electron chi connectivity index (χ2n) is 6.03. The minimum absolute atomic E-state index is 0.116. The van der Waals surface area contributed by atoms with Gasteiger partial charge in [-0.3, -0.25) is 14.9 Å². The van der Waals surface area contributed by atoms with E-state index in [9.17, 15) is 9.59 Å². The molecule has 0 aliphatic carbocycles. The van der Waals surface area contributed by atoms with Crippen LogP contribution < -0.4 is 15.4 Å². The van der Waals surface area contributed by atoms with Gasteiger partial charge in [-0.25, -0.2) is 0 Å². The molecule has 0 saturated carbocycles. The number of anilines is 1. The summed E-state index contributed by atoms with van der Waals surface area (Å²) in [4.78, 5) is 26.1. The molecule has 0 atom stereocenters. The van der Waals surface area contributed by atoms with Crippen LogP contribution in [0.5, 0.6) is 5.75 Å². The molecular formula is C20H23N3O3S. The lowest BCUT2D eigenvalue weighted by atomic mass is 10.1. The molecule has 0 bridgehead atoms. The minimum atomic E-state index is -0.342. The van der Waals surface area contributed by atoms with Crippen molar-refractivity contribution in [2.24, 2.45) is 0 Å². The fourth-order valence-corrected chi connectivity index (χ4v) is 2.47. The zero-order chi connectivity index (χ0) is 19.8. The number of nitrogens with one attached hydrogen (secondary N) is 2. The van der Waals surface area contributed by atoms with E-state index in [1.54, 1.807) is 62.6 Å². The van der Waals surface area contributed by atoms with Gasteiger partial charge < -0.3 is 15.0 Å². The van der Waals surface area contributed by atoms with Crippen LogP contribution in [0.4, 0.5) is 5.69 Å². The molecular weight excluding hydrogens is 362 g/mol. The monoisotopic (exact) mass is 385 g/mol. The van der Waals surface area contributed by atoms with Crippen LogP contribution in [0.1, 0.15) is 34.1 Å². The molecule has 0 aliphatic heterocycles. The molecule has 0 unspecified atom stereocenters. The first kappa shape index (κ1) is 20.4. The highest BCUT2D eigenvalue weighted by Crippen LogP contribution is 2.17. The molecule has 6 nitrogen and oxygen atoms in total. The van der Waals surface area contributed by atoms with Crippen molar-refractivity contribution in [3.8, 4) is 5.75 Å². The summed E-state index contributed by atoms with van der Waals surface area (Å²) in [5, 5.41) is 5.65. The summed E-state index contributed by atoms with van der Waals surface area (Å²) in [5.74, 6) is 0.214. The third kappa shape index (κ3) is 5.79. The fraction of sp³-hybridized carbons (Fsp3) is 0.250. The van der Waals surface area contributed by atoms with E-state index in [2.05, 4.69) is 10.6 Å². The van der Waals surface area contributed by atoms with Crippen molar-refractivity contribution in [2.75, 3.05) is 26.0 Å². The fourth-order valence-electron chi connectivity index (χ4n) is 2.27. The molecule has 0 spiro atoms. The summed E-state index contributed by atoms with van der Waals surface area (Å²) >= 11 is 5.21. The van der Waals surface area contributed by atoms with Crippen LogP contribution in [-0.4, -0.2) is 42.5 Å². The van der Waals surface area contributed by atoms with Crippen LogP contribution in [0, 0.1) is 0 Å². The predicted octanol–water partition coefficient (Wildman–Crippen LogP) is 3.30.